The van der Waals surface area contributed by atoms with E-state index in [1.165, 1.54) is 6.42 Å². The zero-order valence-electron chi connectivity index (χ0n) is 10.8. The van der Waals surface area contributed by atoms with Crippen LogP contribution in [0.25, 0.3) is 0 Å². The van der Waals surface area contributed by atoms with E-state index < -0.39 is 0 Å². The van der Waals surface area contributed by atoms with Gasteiger partial charge in [0.25, 0.3) is 5.91 Å². The molecule has 2 N–H and O–H groups in total. The van der Waals surface area contributed by atoms with E-state index >= 15 is 0 Å². The molecule has 98 valence electrons. The number of aromatic nitrogens is 3. The molecule has 1 atom stereocenters. The Hall–Kier alpha value is -1.43. The molecule has 3 rings (SSSR count). The summed E-state index contributed by atoms with van der Waals surface area (Å²) in [7, 11) is 0. The molecule has 18 heavy (non-hydrogen) atoms. The first-order chi connectivity index (χ1) is 8.56. The summed E-state index contributed by atoms with van der Waals surface area (Å²) < 4.78 is 1.77. The Labute approximate surface area is 106 Å². The van der Waals surface area contributed by atoms with Gasteiger partial charge in [-0.05, 0) is 17.8 Å². The molecule has 0 spiro atoms. The number of hydrogen-bond acceptors (Lipinski definition) is 4. The summed E-state index contributed by atoms with van der Waals surface area (Å²) in [5.74, 6) is 0.489. The summed E-state index contributed by atoms with van der Waals surface area (Å²) in [6.45, 7) is 7.00. The van der Waals surface area contributed by atoms with Gasteiger partial charge in [0.1, 0.15) is 0 Å². The third-order valence-corrected chi connectivity index (χ3v) is 4.10. The van der Waals surface area contributed by atoms with Crippen molar-refractivity contribution in [1.29, 1.82) is 0 Å². The predicted octanol–water partition coefficient (Wildman–Crippen LogP) is 0.198. The van der Waals surface area contributed by atoms with Crippen molar-refractivity contribution in [2.24, 2.45) is 11.3 Å². The molecule has 1 aromatic heterocycles. The molecular weight excluding hydrogens is 230 g/mol. The van der Waals surface area contributed by atoms with Crippen molar-refractivity contribution >= 4 is 5.91 Å². The summed E-state index contributed by atoms with van der Waals surface area (Å²) >= 11 is 0. The third-order valence-electron chi connectivity index (χ3n) is 4.10. The van der Waals surface area contributed by atoms with Crippen molar-refractivity contribution in [2.75, 3.05) is 19.6 Å². The van der Waals surface area contributed by atoms with Crippen LogP contribution in [0.2, 0.25) is 0 Å². The van der Waals surface area contributed by atoms with E-state index in [1.807, 2.05) is 0 Å². The Morgan fingerprint density at radius 2 is 2.33 bits per heavy atom. The quantitative estimate of drug-likeness (QED) is 0.799. The molecule has 6 heteroatoms. The number of hydrogen-bond donors (Lipinski definition) is 2. The molecule has 1 aromatic rings. The van der Waals surface area contributed by atoms with E-state index in [0.717, 1.165) is 19.6 Å². The molecule has 1 unspecified atom stereocenters. The second kappa shape index (κ2) is 4.05. The van der Waals surface area contributed by atoms with Crippen molar-refractivity contribution in [3.63, 3.8) is 0 Å². The average molecular weight is 249 g/mol. The van der Waals surface area contributed by atoms with E-state index in [4.69, 9.17) is 0 Å². The lowest BCUT2D eigenvalue weighted by Crippen LogP contribution is -2.43. The largest absolute Gasteiger partial charge is 0.350 e. The van der Waals surface area contributed by atoms with Crippen LogP contribution < -0.4 is 10.6 Å². The van der Waals surface area contributed by atoms with Gasteiger partial charge in [-0.1, -0.05) is 19.1 Å². The molecule has 6 nitrogen and oxygen atoms in total. The molecule has 0 radical (unpaired) electrons. The van der Waals surface area contributed by atoms with Crippen molar-refractivity contribution in [1.82, 2.24) is 25.6 Å². The Morgan fingerprint density at radius 3 is 2.89 bits per heavy atom. The molecule has 1 saturated heterocycles. The van der Waals surface area contributed by atoms with Crippen LogP contribution in [0.4, 0.5) is 0 Å². The van der Waals surface area contributed by atoms with Crippen molar-refractivity contribution in [2.45, 2.75) is 26.3 Å². The normalized spacial score (nSPS) is 25.6. The zero-order valence-corrected chi connectivity index (χ0v) is 10.8. The van der Waals surface area contributed by atoms with Crippen LogP contribution in [-0.4, -0.2) is 40.5 Å². The summed E-state index contributed by atoms with van der Waals surface area (Å²) in [4.78, 5) is 11.9. The fourth-order valence-electron chi connectivity index (χ4n) is 2.25. The topological polar surface area (TPSA) is 71.8 Å². The number of amides is 1. The van der Waals surface area contributed by atoms with Gasteiger partial charge in [0, 0.05) is 19.6 Å². The molecule has 1 amide bonds. The van der Waals surface area contributed by atoms with Gasteiger partial charge >= 0.3 is 0 Å². The number of nitrogens with one attached hydrogen (secondary N) is 2. The van der Waals surface area contributed by atoms with Crippen molar-refractivity contribution < 1.29 is 4.79 Å². The minimum atomic E-state index is -0.115. The zero-order chi connectivity index (χ0) is 12.8. The highest BCUT2D eigenvalue weighted by molar-refractivity contribution is 5.91. The van der Waals surface area contributed by atoms with E-state index in [9.17, 15) is 4.79 Å². The number of rotatable bonds is 4. The van der Waals surface area contributed by atoms with E-state index in [2.05, 4.69) is 34.8 Å². The van der Waals surface area contributed by atoms with E-state index in [-0.39, 0.29) is 5.91 Å². The Kier molecular flexibility index (Phi) is 2.62. The smallest absolute Gasteiger partial charge is 0.273 e. The SMILES string of the molecule is CC1(C)CC1CNC(=O)c1cn(C2CNC2)nn1. The molecule has 2 heterocycles. The van der Waals surface area contributed by atoms with Crippen LogP contribution in [0.5, 0.6) is 0 Å². The lowest BCUT2D eigenvalue weighted by Gasteiger charge is -2.26. The van der Waals surface area contributed by atoms with Gasteiger partial charge in [0.05, 0.1) is 12.2 Å². The van der Waals surface area contributed by atoms with Gasteiger partial charge in [-0.2, -0.15) is 0 Å². The highest BCUT2D eigenvalue weighted by Gasteiger charge is 2.45. The summed E-state index contributed by atoms with van der Waals surface area (Å²) in [6.07, 6.45) is 2.92. The molecule has 0 aromatic carbocycles. The van der Waals surface area contributed by atoms with Crippen LogP contribution in [0.1, 0.15) is 36.8 Å². The maximum Gasteiger partial charge on any atom is 0.273 e. The average Bonchev–Trinajstić information content (AvgIpc) is 2.68. The third kappa shape index (κ3) is 2.12. The Morgan fingerprint density at radius 1 is 1.61 bits per heavy atom. The second-order valence-corrected chi connectivity index (χ2v) is 6.00. The van der Waals surface area contributed by atoms with Gasteiger partial charge in [-0.15, -0.1) is 5.10 Å². The van der Waals surface area contributed by atoms with Crippen LogP contribution in [0, 0.1) is 11.3 Å². The molecule has 2 fully saturated rings. The Bertz CT molecular complexity index is 463. The standard InChI is InChI=1S/C12H19N5O/c1-12(2)3-8(12)4-14-11(18)10-7-17(16-15-10)9-5-13-6-9/h7-9,13H,3-6H2,1-2H3,(H,14,18). The number of carbonyl (C=O) groups excluding carboxylic acids is 1. The van der Waals surface area contributed by atoms with Crippen molar-refractivity contribution in [3.05, 3.63) is 11.9 Å². The molecular formula is C12H19N5O. The van der Waals surface area contributed by atoms with Crippen molar-refractivity contribution in [3.8, 4) is 0 Å². The van der Waals surface area contributed by atoms with Gasteiger partial charge < -0.3 is 10.6 Å². The first-order valence-corrected chi connectivity index (χ1v) is 6.47. The second-order valence-electron chi connectivity index (χ2n) is 6.00. The lowest BCUT2D eigenvalue weighted by atomic mass is 10.1. The van der Waals surface area contributed by atoms with Crippen LogP contribution in [0.3, 0.4) is 0 Å². The summed E-state index contributed by atoms with van der Waals surface area (Å²) in [6, 6.07) is 0.349. The molecule has 0 bridgehead atoms. The summed E-state index contributed by atoms with van der Waals surface area (Å²) in [5.41, 5.74) is 0.808. The highest BCUT2D eigenvalue weighted by atomic mass is 16.2. The number of nitrogens with zero attached hydrogens (tertiary/aromatic N) is 3. The molecule has 2 aliphatic rings. The van der Waals surface area contributed by atoms with E-state index in [0.29, 0.717) is 23.1 Å². The minimum absolute atomic E-state index is 0.115. The first-order valence-electron chi connectivity index (χ1n) is 6.47. The monoisotopic (exact) mass is 249 g/mol. The lowest BCUT2D eigenvalue weighted by molar-refractivity contribution is 0.0945. The Balaban J connectivity index is 1.54. The van der Waals surface area contributed by atoms with Crippen LogP contribution in [-0.2, 0) is 0 Å². The van der Waals surface area contributed by atoms with Gasteiger partial charge in [0.2, 0.25) is 0 Å². The van der Waals surface area contributed by atoms with Gasteiger partial charge in [0.15, 0.2) is 5.69 Å². The fourth-order valence-corrected chi connectivity index (χ4v) is 2.25. The van der Waals surface area contributed by atoms with Crippen LogP contribution in [0.15, 0.2) is 6.20 Å². The van der Waals surface area contributed by atoms with Crippen LogP contribution >= 0.6 is 0 Å². The predicted molar refractivity (Wildman–Crippen MR) is 66.1 cm³/mol. The van der Waals surface area contributed by atoms with E-state index in [1.54, 1.807) is 10.9 Å². The minimum Gasteiger partial charge on any atom is -0.350 e. The fraction of sp³-hybridized carbons (Fsp3) is 0.750. The first kappa shape index (κ1) is 11.6. The number of carbonyl (C=O) groups is 1. The molecule has 1 saturated carbocycles. The summed E-state index contributed by atoms with van der Waals surface area (Å²) in [5, 5.41) is 14.0. The van der Waals surface area contributed by atoms with Gasteiger partial charge in [-0.3, -0.25) is 4.79 Å². The maximum absolute atomic E-state index is 11.9. The molecule has 1 aliphatic heterocycles. The molecule has 1 aliphatic carbocycles. The highest BCUT2D eigenvalue weighted by Crippen LogP contribution is 2.50. The maximum atomic E-state index is 11.9. The van der Waals surface area contributed by atoms with Gasteiger partial charge in [-0.25, -0.2) is 4.68 Å².